The van der Waals surface area contributed by atoms with E-state index in [1.54, 1.807) is 26.1 Å². The minimum absolute atomic E-state index is 0.0354. The van der Waals surface area contributed by atoms with Gasteiger partial charge in [0.2, 0.25) is 0 Å². The zero-order valence-electron chi connectivity index (χ0n) is 14.6. The van der Waals surface area contributed by atoms with Crippen LogP contribution < -0.4 is 11.1 Å². The second kappa shape index (κ2) is 7.17. The van der Waals surface area contributed by atoms with Gasteiger partial charge in [0, 0.05) is 13.1 Å². The van der Waals surface area contributed by atoms with E-state index in [-0.39, 0.29) is 16.9 Å². The summed E-state index contributed by atoms with van der Waals surface area (Å²) in [6.07, 6.45) is 3.35. The quantitative estimate of drug-likeness (QED) is 0.493. The van der Waals surface area contributed by atoms with Crippen LogP contribution in [0.25, 0.3) is 26.2 Å². The summed E-state index contributed by atoms with van der Waals surface area (Å²) in [6, 6.07) is 10.7. The van der Waals surface area contributed by atoms with Crippen molar-refractivity contribution in [1.29, 1.82) is 0 Å². The maximum atomic E-state index is 12.5. The van der Waals surface area contributed by atoms with Crippen LogP contribution in [0, 0.1) is 0 Å². The van der Waals surface area contributed by atoms with E-state index >= 15 is 0 Å². The standard InChI is InChI=1S/C20H18N2O3S2/c1-2-13-5-7-17-15(11-13)19(24)21(26-17)9-3-4-10-22-20(25)16-12-14(23)6-8-18(16)27-22/h2,5-8,11-12,23H,1,3-4,9-10H2. The van der Waals surface area contributed by atoms with Gasteiger partial charge in [0.25, 0.3) is 11.1 Å². The number of aryl methyl sites for hydroxylation is 2. The zero-order chi connectivity index (χ0) is 19.0. The molecular weight excluding hydrogens is 380 g/mol. The summed E-state index contributed by atoms with van der Waals surface area (Å²) in [6.45, 7) is 5.00. The predicted octanol–water partition coefficient (Wildman–Crippen LogP) is 4.27. The fourth-order valence-electron chi connectivity index (χ4n) is 3.08. The number of nitrogens with zero attached hydrogens (tertiary/aromatic N) is 2. The Morgan fingerprint density at radius 2 is 1.44 bits per heavy atom. The van der Waals surface area contributed by atoms with Gasteiger partial charge in [-0.15, -0.1) is 0 Å². The van der Waals surface area contributed by atoms with Gasteiger partial charge in [-0.05, 0) is 48.7 Å². The molecule has 5 nitrogen and oxygen atoms in total. The van der Waals surface area contributed by atoms with Crippen LogP contribution in [0.3, 0.4) is 0 Å². The molecule has 0 saturated carbocycles. The summed E-state index contributed by atoms with van der Waals surface area (Å²) in [7, 11) is 0. The highest BCUT2D eigenvalue weighted by atomic mass is 32.1. The lowest BCUT2D eigenvalue weighted by molar-refractivity contribution is 0.476. The molecule has 0 aliphatic rings. The second-order valence-electron chi connectivity index (χ2n) is 6.34. The SMILES string of the molecule is C=Cc1ccc2sn(CCCCn3sc4ccc(O)cc4c3=O)c(=O)c2c1. The average Bonchev–Trinajstić information content (AvgIpc) is 3.16. The lowest BCUT2D eigenvalue weighted by atomic mass is 10.2. The summed E-state index contributed by atoms with van der Waals surface area (Å²) in [4.78, 5) is 24.9. The number of benzene rings is 2. The Balaban J connectivity index is 1.45. The van der Waals surface area contributed by atoms with Crippen LogP contribution in [0.4, 0.5) is 0 Å². The smallest absolute Gasteiger partial charge is 0.268 e. The van der Waals surface area contributed by atoms with Gasteiger partial charge in [-0.2, -0.15) is 0 Å². The highest BCUT2D eigenvalue weighted by molar-refractivity contribution is 7.14. The molecule has 2 heterocycles. The number of unbranched alkanes of at least 4 members (excludes halogenated alkanes) is 1. The minimum Gasteiger partial charge on any atom is -0.508 e. The van der Waals surface area contributed by atoms with Crippen LogP contribution in [0.15, 0.2) is 52.6 Å². The van der Waals surface area contributed by atoms with Crippen molar-refractivity contribution in [3.8, 4) is 5.75 Å². The van der Waals surface area contributed by atoms with Crippen molar-refractivity contribution in [2.75, 3.05) is 0 Å². The van der Waals surface area contributed by atoms with E-state index < -0.39 is 0 Å². The number of hydrogen-bond donors (Lipinski definition) is 1. The highest BCUT2D eigenvalue weighted by Gasteiger charge is 2.10. The van der Waals surface area contributed by atoms with Crippen LogP contribution in [-0.4, -0.2) is 13.0 Å². The Morgan fingerprint density at radius 3 is 2.04 bits per heavy atom. The summed E-state index contributed by atoms with van der Waals surface area (Å²) in [5.41, 5.74) is 0.912. The monoisotopic (exact) mass is 398 g/mol. The Bertz CT molecular complexity index is 1260. The van der Waals surface area contributed by atoms with Gasteiger partial charge in [0.15, 0.2) is 0 Å². The molecule has 0 amide bonds. The van der Waals surface area contributed by atoms with Crippen molar-refractivity contribution in [2.24, 2.45) is 0 Å². The lowest BCUT2D eigenvalue weighted by Gasteiger charge is -2.01. The van der Waals surface area contributed by atoms with E-state index in [1.165, 1.54) is 29.1 Å². The number of phenols is 1. The largest absolute Gasteiger partial charge is 0.508 e. The number of aromatic hydroxyl groups is 1. The van der Waals surface area contributed by atoms with Crippen molar-refractivity contribution in [2.45, 2.75) is 25.9 Å². The van der Waals surface area contributed by atoms with Crippen LogP contribution >= 0.6 is 23.1 Å². The van der Waals surface area contributed by atoms with Gasteiger partial charge >= 0.3 is 0 Å². The van der Waals surface area contributed by atoms with Gasteiger partial charge in [-0.3, -0.25) is 17.5 Å². The average molecular weight is 399 g/mol. The molecule has 2 aromatic carbocycles. The predicted molar refractivity (Wildman–Crippen MR) is 113 cm³/mol. The molecule has 0 atom stereocenters. The maximum absolute atomic E-state index is 12.5. The number of hydrogen-bond acceptors (Lipinski definition) is 5. The third kappa shape index (κ3) is 3.36. The van der Waals surface area contributed by atoms with E-state index in [9.17, 15) is 14.7 Å². The normalized spacial score (nSPS) is 11.4. The number of phenolic OH excluding ortho intramolecular Hbond substituents is 1. The van der Waals surface area contributed by atoms with Crippen LogP contribution in [0.1, 0.15) is 18.4 Å². The zero-order valence-corrected chi connectivity index (χ0v) is 16.2. The molecular formula is C20H18N2O3S2. The van der Waals surface area contributed by atoms with Crippen LogP contribution in [0.2, 0.25) is 0 Å². The molecule has 27 heavy (non-hydrogen) atoms. The first-order chi connectivity index (χ1) is 13.1. The fraction of sp³-hybridized carbons (Fsp3) is 0.200. The van der Waals surface area contributed by atoms with E-state index in [1.807, 2.05) is 18.2 Å². The van der Waals surface area contributed by atoms with Crippen molar-refractivity contribution in [3.05, 3.63) is 69.2 Å². The third-order valence-electron chi connectivity index (χ3n) is 4.51. The summed E-state index contributed by atoms with van der Waals surface area (Å²) in [5.74, 6) is 0.105. The molecule has 7 heteroatoms. The topological polar surface area (TPSA) is 64.2 Å². The summed E-state index contributed by atoms with van der Waals surface area (Å²) < 4.78 is 5.35. The maximum Gasteiger partial charge on any atom is 0.268 e. The molecule has 0 spiro atoms. The minimum atomic E-state index is -0.0677. The molecule has 0 aliphatic heterocycles. The first-order valence-corrected chi connectivity index (χ1v) is 10.2. The van der Waals surface area contributed by atoms with E-state index in [0.717, 1.165) is 33.2 Å². The van der Waals surface area contributed by atoms with E-state index in [4.69, 9.17) is 0 Å². The fourth-order valence-corrected chi connectivity index (χ4v) is 5.11. The van der Waals surface area contributed by atoms with Gasteiger partial charge in [0.05, 0.1) is 20.2 Å². The lowest BCUT2D eigenvalue weighted by Crippen LogP contribution is -2.15. The molecule has 0 fully saturated rings. The van der Waals surface area contributed by atoms with E-state index in [2.05, 4.69) is 6.58 Å². The third-order valence-corrected chi connectivity index (χ3v) is 6.75. The Kier molecular flexibility index (Phi) is 4.72. The van der Waals surface area contributed by atoms with Gasteiger partial charge in [-0.1, -0.05) is 41.8 Å². The molecule has 4 rings (SSSR count). The molecule has 1 N–H and O–H groups in total. The summed E-state index contributed by atoms with van der Waals surface area (Å²) in [5, 5.41) is 10.8. The van der Waals surface area contributed by atoms with Gasteiger partial charge < -0.3 is 5.11 Å². The Hall–Kier alpha value is -2.64. The number of fused-ring (bicyclic) bond motifs is 2. The molecule has 4 aromatic rings. The van der Waals surface area contributed by atoms with Crippen LogP contribution in [-0.2, 0) is 13.1 Å². The molecule has 0 unspecified atom stereocenters. The summed E-state index contributed by atoms with van der Waals surface area (Å²) >= 11 is 2.88. The van der Waals surface area contributed by atoms with Crippen molar-refractivity contribution >= 4 is 49.3 Å². The van der Waals surface area contributed by atoms with Gasteiger partial charge in [0.1, 0.15) is 5.75 Å². The molecule has 0 radical (unpaired) electrons. The first-order valence-electron chi connectivity index (χ1n) is 8.66. The van der Waals surface area contributed by atoms with Crippen molar-refractivity contribution < 1.29 is 5.11 Å². The van der Waals surface area contributed by atoms with Gasteiger partial charge in [-0.25, -0.2) is 0 Å². The first kappa shape index (κ1) is 17.8. The highest BCUT2D eigenvalue weighted by Crippen LogP contribution is 2.22. The number of aromatic nitrogens is 2. The Morgan fingerprint density at radius 1 is 0.889 bits per heavy atom. The van der Waals surface area contributed by atoms with E-state index in [0.29, 0.717) is 18.5 Å². The Labute approximate surface area is 163 Å². The van der Waals surface area contributed by atoms with Crippen LogP contribution in [0.5, 0.6) is 5.75 Å². The van der Waals surface area contributed by atoms with Crippen molar-refractivity contribution in [3.63, 3.8) is 0 Å². The number of rotatable bonds is 6. The molecule has 2 aromatic heterocycles. The second-order valence-corrected chi connectivity index (χ2v) is 8.47. The van der Waals surface area contributed by atoms with Crippen molar-refractivity contribution in [1.82, 2.24) is 7.91 Å². The molecule has 138 valence electrons. The molecule has 0 saturated heterocycles. The molecule has 0 aliphatic carbocycles. The molecule has 0 bridgehead atoms.